The topological polar surface area (TPSA) is 97.2 Å². The van der Waals surface area contributed by atoms with Crippen molar-refractivity contribution in [2.45, 2.75) is 38.3 Å². The van der Waals surface area contributed by atoms with Gasteiger partial charge in [-0.25, -0.2) is 4.39 Å². The Hall–Kier alpha value is -3.81. The van der Waals surface area contributed by atoms with Crippen LogP contribution in [0.5, 0.6) is 0 Å². The van der Waals surface area contributed by atoms with Gasteiger partial charge in [0.15, 0.2) is 0 Å². The van der Waals surface area contributed by atoms with Crippen molar-refractivity contribution in [2.24, 2.45) is 0 Å². The molecule has 7 nitrogen and oxygen atoms in total. The maximum Gasteiger partial charge on any atom is 0.293 e. The van der Waals surface area contributed by atoms with E-state index in [9.17, 15) is 19.3 Å². The molecule has 2 N–H and O–H groups in total. The lowest BCUT2D eigenvalue weighted by Crippen LogP contribution is -2.31. The Morgan fingerprint density at radius 2 is 2.06 bits per heavy atom. The van der Waals surface area contributed by atoms with Crippen molar-refractivity contribution in [2.75, 3.05) is 5.32 Å². The van der Waals surface area contributed by atoms with E-state index in [1.807, 2.05) is 19.1 Å². The highest BCUT2D eigenvalue weighted by molar-refractivity contribution is 5.96. The lowest BCUT2D eigenvalue weighted by Gasteiger charge is -2.26. The number of pyridine rings is 1. The smallest absolute Gasteiger partial charge is 0.293 e. The summed E-state index contributed by atoms with van der Waals surface area (Å²) in [6.07, 6.45) is 4.05. The van der Waals surface area contributed by atoms with Gasteiger partial charge in [-0.3, -0.25) is 19.9 Å². The maximum atomic E-state index is 13.7. The summed E-state index contributed by atoms with van der Waals surface area (Å²) >= 11 is 0. The van der Waals surface area contributed by atoms with Gasteiger partial charge in [0.25, 0.3) is 11.6 Å². The highest BCUT2D eigenvalue weighted by atomic mass is 19.1. The number of anilines is 1. The quantitative estimate of drug-likeness (QED) is 0.415. The fourth-order valence-corrected chi connectivity index (χ4v) is 4.05. The van der Waals surface area contributed by atoms with Gasteiger partial charge in [0, 0.05) is 17.8 Å². The van der Waals surface area contributed by atoms with Crippen LogP contribution in [0, 0.1) is 15.9 Å². The van der Waals surface area contributed by atoms with Crippen LogP contribution in [0.2, 0.25) is 0 Å². The van der Waals surface area contributed by atoms with Gasteiger partial charge >= 0.3 is 0 Å². The zero-order valence-corrected chi connectivity index (χ0v) is 17.5. The van der Waals surface area contributed by atoms with E-state index in [1.165, 1.54) is 24.3 Å². The van der Waals surface area contributed by atoms with E-state index in [0.29, 0.717) is 12.1 Å². The monoisotopic (exact) mass is 434 g/mol. The normalized spacial score (nSPS) is 16.0. The maximum absolute atomic E-state index is 13.7. The summed E-state index contributed by atoms with van der Waals surface area (Å²) in [5, 5.41) is 17.7. The average Bonchev–Trinajstić information content (AvgIpc) is 2.80. The number of fused-ring (bicyclic) bond motifs is 1. The Kier molecular flexibility index (Phi) is 6.11. The summed E-state index contributed by atoms with van der Waals surface area (Å²) in [6.45, 7) is 1.85. The van der Waals surface area contributed by atoms with Gasteiger partial charge in [-0.1, -0.05) is 12.1 Å². The lowest BCUT2D eigenvalue weighted by molar-refractivity contribution is -0.384. The van der Waals surface area contributed by atoms with Crippen molar-refractivity contribution in [1.29, 1.82) is 0 Å². The van der Waals surface area contributed by atoms with Gasteiger partial charge in [0.1, 0.15) is 11.5 Å². The van der Waals surface area contributed by atoms with Gasteiger partial charge < -0.3 is 10.6 Å². The molecular weight excluding hydrogens is 411 g/mol. The van der Waals surface area contributed by atoms with Crippen molar-refractivity contribution in [3.05, 3.63) is 99.1 Å². The molecule has 1 heterocycles. The van der Waals surface area contributed by atoms with Crippen molar-refractivity contribution in [3.8, 4) is 0 Å². The molecule has 1 aliphatic carbocycles. The van der Waals surface area contributed by atoms with Crippen LogP contribution in [-0.4, -0.2) is 15.8 Å². The van der Waals surface area contributed by atoms with E-state index in [2.05, 4.69) is 15.6 Å². The minimum Gasteiger partial charge on any atom is -0.371 e. The molecule has 32 heavy (non-hydrogen) atoms. The second-order valence-electron chi connectivity index (χ2n) is 7.87. The summed E-state index contributed by atoms with van der Waals surface area (Å²) in [4.78, 5) is 28.3. The van der Waals surface area contributed by atoms with E-state index in [-0.39, 0.29) is 29.2 Å². The Morgan fingerprint density at radius 1 is 1.22 bits per heavy atom. The summed E-state index contributed by atoms with van der Waals surface area (Å²) in [5.41, 5.74) is 2.80. The molecule has 1 amide bonds. The van der Waals surface area contributed by atoms with E-state index in [4.69, 9.17) is 0 Å². The van der Waals surface area contributed by atoms with Crippen LogP contribution in [0.1, 0.15) is 59.0 Å². The van der Waals surface area contributed by atoms with Gasteiger partial charge in [0.05, 0.1) is 22.7 Å². The summed E-state index contributed by atoms with van der Waals surface area (Å²) in [6, 6.07) is 13.8. The molecule has 3 aromatic rings. The average molecular weight is 434 g/mol. The number of hydrogen-bond acceptors (Lipinski definition) is 5. The molecule has 2 aromatic carbocycles. The molecule has 0 saturated carbocycles. The van der Waals surface area contributed by atoms with Crippen LogP contribution in [-0.2, 0) is 6.42 Å². The lowest BCUT2D eigenvalue weighted by atomic mass is 9.87. The first-order valence-corrected chi connectivity index (χ1v) is 10.5. The zero-order chi connectivity index (χ0) is 22.7. The van der Waals surface area contributed by atoms with E-state index < -0.39 is 10.8 Å². The number of carbonyl (C=O) groups excluding carboxylic acids is 1. The molecule has 1 aliphatic rings. The fraction of sp³-hybridized carbons (Fsp3) is 0.250. The van der Waals surface area contributed by atoms with Gasteiger partial charge in [-0.15, -0.1) is 0 Å². The highest BCUT2D eigenvalue weighted by Crippen LogP contribution is 2.32. The van der Waals surface area contributed by atoms with Crippen molar-refractivity contribution >= 4 is 17.3 Å². The Morgan fingerprint density at radius 3 is 2.81 bits per heavy atom. The number of nitro benzene ring substituents is 1. The van der Waals surface area contributed by atoms with Crippen molar-refractivity contribution < 1.29 is 14.1 Å². The molecule has 0 aliphatic heterocycles. The molecule has 8 heteroatoms. The third kappa shape index (κ3) is 4.59. The largest absolute Gasteiger partial charge is 0.371 e. The number of amides is 1. The number of aryl methyl sites for hydroxylation is 1. The third-order valence-corrected chi connectivity index (χ3v) is 5.69. The number of halogens is 1. The van der Waals surface area contributed by atoms with Crippen molar-refractivity contribution in [3.63, 3.8) is 0 Å². The SMILES string of the molecule is CC(Nc1ccc(C(=O)NC2CCCc3ccc(F)cc32)cc1[N+](=O)[O-])c1ccccn1. The van der Waals surface area contributed by atoms with E-state index >= 15 is 0 Å². The van der Waals surface area contributed by atoms with Crippen LogP contribution < -0.4 is 10.6 Å². The summed E-state index contributed by atoms with van der Waals surface area (Å²) in [5.74, 6) is -0.780. The number of carbonyl (C=O) groups is 1. The second-order valence-corrected chi connectivity index (χ2v) is 7.87. The van der Waals surface area contributed by atoms with Gasteiger partial charge in [0.2, 0.25) is 0 Å². The molecule has 2 unspecified atom stereocenters. The first kappa shape index (κ1) is 21.4. The molecule has 0 bridgehead atoms. The van der Waals surface area contributed by atoms with Crippen LogP contribution in [0.25, 0.3) is 0 Å². The zero-order valence-electron chi connectivity index (χ0n) is 17.5. The number of aromatic nitrogens is 1. The first-order chi connectivity index (χ1) is 15.4. The van der Waals surface area contributed by atoms with Crippen LogP contribution in [0.3, 0.4) is 0 Å². The molecule has 0 radical (unpaired) electrons. The number of rotatable bonds is 6. The molecular formula is C24H23FN4O3. The summed E-state index contributed by atoms with van der Waals surface area (Å²) < 4.78 is 13.7. The molecule has 0 spiro atoms. The third-order valence-electron chi connectivity index (χ3n) is 5.69. The van der Waals surface area contributed by atoms with Crippen LogP contribution in [0.15, 0.2) is 60.8 Å². The molecule has 164 valence electrons. The Labute approximate surface area is 184 Å². The van der Waals surface area contributed by atoms with Crippen molar-refractivity contribution in [1.82, 2.24) is 10.3 Å². The number of nitrogens with zero attached hydrogens (tertiary/aromatic N) is 2. The van der Waals surface area contributed by atoms with E-state index in [1.54, 1.807) is 24.4 Å². The highest BCUT2D eigenvalue weighted by Gasteiger charge is 2.25. The van der Waals surface area contributed by atoms with E-state index in [0.717, 1.165) is 29.7 Å². The van der Waals surface area contributed by atoms with Gasteiger partial charge in [-0.05, 0) is 73.7 Å². The number of hydrogen-bond donors (Lipinski definition) is 2. The number of benzene rings is 2. The second kappa shape index (κ2) is 9.13. The number of nitrogens with one attached hydrogen (secondary N) is 2. The standard InChI is InChI=1S/C24H23FN4O3/c1-15(20-6-2-3-12-26-20)27-22-11-9-17(13-23(22)29(31)32)24(30)28-21-7-4-5-16-8-10-18(25)14-19(16)21/h2-3,6,8-15,21,27H,4-5,7H2,1H3,(H,28,30). The first-order valence-electron chi connectivity index (χ1n) is 10.5. The predicted molar refractivity (Wildman–Crippen MR) is 119 cm³/mol. The fourth-order valence-electron chi connectivity index (χ4n) is 4.05. The minimum atomic E-state index is -0.518. The Balaban J connectivity index is 1.55. The molecule has 0 saturated heterocycles. The molecule has 1 aromatic heterocycles. The van der Waals surface area contributed by atoms with Gasteiger partial charge in [-0.2, -0.15) is 0 Å². The molecule has 0 fully saturated rings. The predicted octanol–water partition coefficient (Wildman–Crippen LogP) is 5.11. The Bertz CT molecular complexity index is 1150. The number of nitro groups is 1. The molecule has 2 atom stereocenters. The summed E-state index contributed by atoms with van der Waals surface area (Å²) in [7, 11) is 0. The van der Waals surface area contributed by atoms with Crippen LogP contribution in [0.4, 0.5) is 15.8 Å². The molecule has 4 rings (SSSR count). The van der Waals surface area contributed by atoms with Crippen LogP contribution >= 0.6 is 0 Å². The minimum absolute atomic E-state index is 0.177.